The molecule has 1 unspecified atom stereocenters. The first kappa shape index (κ1) is 15.7. The highest BCUT2D eigenvalue weighted by atomic mass is 16.1. The van der Waals surface area contributed by atoms with Crippen LogP contribution in [0.3, 0.4) is 0 Å². The SMILES string of the molecule is CCc1ccc(C(CC)NCCCCC(N)=O)cc1. The van der Waals surface area contributed by atoms with Crippen molar-refractivity contribution in [2.45, 2.75) is 52.0 Å². The van der Waals surface area contributed by atoms with E-state index in [1.807, 2.05) is 0 Å². The van der Waals surface area contributed by atoms with Gasteiger partial charge in [-0.2, -0.15) is 0 Å². The molecule has 0 saturated heterocycles. The molecule has 0 saturated carbocycles. The summed E-state index contributed by atoms with van der Waals surface area (Å²) < 4.78 is 0. The molecule has 1 rings (SSSR count). The maximum absolute atomic E-state index is 10.6. The Labute approximate surface area is 116 Å². The van der Waals surface area contributed by atoms with E-state index in [9.17, 15) is 4.79 Å². The summed E-state index contributed by atoms with van der Waals surface area (Å²) >= 11 is 0. The molecular weight excluding hydrogens is 236 g/mol. The summed E-state index contributed by atoms with van der Waals surface area (Å²) in [5.41, 5.74) is 7.84. The van der Waals surface area contributed by atoms with Crippen LogP contribution in [0.2, 0.25) is 0 Å². The van der Waals surface area contributed by atoms with Crippen LogP contribution in [0.1, 0.15) is 56.7 Å². The second kappa shape index (κ2) is 8.70. The van der Waals surface area contributed by atoms with Crippen LogP contribution >= 0.6 is 0 Å². The molecule has 1 aromatic carbocycles. The molecule has 1 amide bonds. The fraction of sp³-hybridized carbons (Fsp3) is 0.562. The molecule has 106 valence electrons. The summed E-state index contributed by atoms with van der Waals surface area (Å²) in [6.07, 6.45) is 4.50. The Morgan fingerprint density at radius 1 is 1.21 bits per heavy atom. The highest BCUT2D eigenvalue weighted by Gasteiger charge is 2.07. The van der Waals surface area contributed by atoms with E-state index in [0.717, 1.165) is 32.2 Å². The third-order valence-electron chi connectivity index (χ3n) is 3.44. The molecule has 0 aliphatic heterocycles. The van der Waals surface area contributed by atoms with Crippen LogP contribution in [0.5, 0.6) is 0 Å². The van der Waals surface area contributed by atoms with Crippen LogP contribution < -0.4 is 11.1 Å². The number of hydrogen-bond donors (Lipinski definition) is 2. The molecule has 3 heteroatoms. The summed E-state index contributed by atoms with van der Waals surface area (Å²) in [4.78, 5) is 10.6. The van der Waals surface area contributed by atoms with Gasteiger partial charge in [0.15, 0.2) is 0 Å². The van der Waals surface area contributed by atoms with E-state index in [1.165, 1.54) is 11.1 Å². The predicted octanol–water partition coefficient (Wildman–Crippen LogP) is 2.95. The van der Waals surface area contributed by atoms with Crippen molar-refractivity contribution in [2.75, 3.05) is 6.54 Å². The molecule has 0 radical (unpaired) electrons. The second-order valence-corrected chi connectivity index (χ2v) is 4.93. The van der Waals surface area contributed by atoms with Gasteiger partial charge in [-0.3, -0.25) is 4.79 Å². The smallest absolute Gasteiger partial charge is 0.217 e. The number of carbonyl (C=O) groups is 1. The van der Waals surface area contributed by atoms with E-state index in [-0.39, 0.29) is 5.91 Å². The molecule has 1 atom stereocenters. The van der Waals surface area contributed by atoms with Crippen LogP contribution in [0, 0.1) is 0 Å². The van der Waals surface area contributed by atoms with Crippen LogP contribution in [0.4, 0.5) is 0 Å². The molecule has 0 spiro atoms. The molecule has 3 N–H and O–H groups in total. The highest BCUT2D eigenvalue weighted by Crippen LogP contribution is 2.17. The van der Waals surface area contributed by atoms with Crippen molar-refractivity contribution < 1.29 is 4.79 Å². The van der Waals surface area contributed by atoms with Crippen molar-refractivity contribution in [3.05, 3.63) is 35.4 Å². The van der Waals surface area contributed by atoms with Crippen molar-refractivity contribution in [2.24, 2.45) is 5.73 Å². The summed E-state index contributed by atoms with van der Waals surface area (Å²) in [7, 11) is 0. The van der Waals surface area contributed by atoms with Crippen molar-refractivity contribution >= 4 is 5.91 Å². The standard InChI is InChI=1S/C16H26N2O/c1-3-13-8-10-14(11-9-13)15(4-2)18-12-6-5-7-16(17)19/h8-11,15,18H,3-7,12H2,1-2H3,(H2,17,19). The van der Waals surface area contributed by atoms with E-state index in [0.29, 0.717) is 12.5 Å². The number of unbranched alkanes of at least 4 members (excludes halogenated alkanes) is 1. The normalized spacial score (nSPS) is 12.3. The Bertz CT molecular complexity index is 373. The minimum absolute atomic E-state index is 0.206. The van der Waals surface area contributed by atoms with Gasteiger partial charge in [-0.05, 0) is 43.4 Å². The van der Waals surface area contributed by atoms with E-state index >= 15 is 0 Å². The van der Waals surface area contributed by atoms with Gasteiger partial charge in [-0.25, -0.2) is 0 Å². The van der Waals surface area contributed by atoms with Gasteiger partial charge >= 0.3 is 0 Å². The van der Waals surface area contributed by atoms with Crippen molar-refractivity contribution in [3.8, 4) is 0 Å². The maximum atomic E-state index is 10.6. The molecule has 0 aromatic heterocycles. The molecule has 19 heavy (non-hydrogen) atoms. The number of carbonyl (C=O) groups excluding carboxylic acids is 1. The molecular formula is C16H26N2O. The Hall–Kier alpha value is -1.35. The molecule has 0 fully saturated rings. The lowest BCUT2D eigenvalue weighted by Crippen LogP contribution is -2.22. The third kappa shape index (κ3) is 5.88. The zero-order valence-electron chi connectivity index (χ0n) is 12.1. The van der Waals surface area contributed by atoms with Crippen molar-refractivity contribution in [1.29, 1.82) is 0 Å². The Balaban J connectivity index is 2.37. The Morgan fingerprint density at radius 2 is 1.89 bits per heavy atom. The quantitative estimate of drug-likeness (QED) is 0.672. The first-order valence-corrected chi connectivity index (χ1v) is 7.27. The van der Waals surface area contributed by atoms with Gasteiger partial charge in [0.25, 0.3) is 0 Å². The zero-order valence-corrected chi connectivity index (χ0v) is 12.1. The highest BCUT2D eigenvalue weighted by molar-refractivity contribution is 5.73. The van der Waals surface area contributed by atoms with Crippen LogP contribution in [0.25, 0.3) is 0 Å². The lowest BCUT2D eigenvalue weighted by molar-refractivity contribution is -0.118. The average Bonchev–Trinajstić information content (AvgIpc) is 2.43. The van der Waals surface area contributed by atoms with Gasteiger partial charge in [0.05, 0.1) is 0 Å². The second-order valence-electron chi connectivity index (χ2n) is 4.93. The summed E-state index contributed by atoms with van der Waals surface area (Å²) in [5, 5.41) is 3.54. The van der Waals surface area contributed by atoms with Gasteiger partial charge in [0.2, 0.25) is 5.91 Å². The Morgan fingerprint density at radius 3 is 2.42 bits per heavy atom. The number of nitrogens with two attached hydrogens (primary N) is 1. The largest absolute Gasteiger partial charge is 0.370 e. The number of aryl methyl sites for hydroxylation is 1. The number of amides is 1. The van der Waals surface area contributed by atoms with Crippen molar-refractivity contribution in [1.82, 2.24) is 5.32 Å². The number of primary amides is 1. The molecule has 0 aliphatic carbocycles. The number of benzene rings is 1. The fourth-order valence-electron chi connectivity index (χ4n) is 2.18. The monoisotopic (exact) mass is 262 g/mol. The first-order chi connectivity index (χ1) is 9.17. The Kier molecular flexibility index (Phi) is 7.19. The van der Waals surface area contributed by atoms with Gasteiger partial charge in [-0.15, -0.1) is 0 Å². The lowest BCUT2D eigenvalue weighted by Gasteiger charge is -2.17. The minimum atomic E-state index is -0.206. The summed E-state index contributed by atoms with van der Waals surface area (Å²) in [5.74, 6) is -0.206. The lowest BCUT2D eigenvalue weighted by atomic mass is 10.0. The van der Waals surface area contributed by atoms with E-state index in [4.69, 9.17) is 5.73 Å². The summed E-state index contributed by atoms with van der Waals surface area (Å²) in [6.45, 7) is 5.29. The first-order valence-electron chi connectivity index (χ1n) is 7.27. The van der Waals surface area contributed by atoms with Gasteiger partial charge < -0.3 is 11.1 Å². The maximum Gasteiger partial charge on any atom is 0.217 e. The van der Waals surface area contributed by atoms with Crippen LogP contribution in [0.15, 0.2) is 24.3 Å². The average molecular weight is 262 g/mol. The minimum Gasteiger partial charge on any atom is -0.370 e. The van der Waals surface area contributed by atoms with Gasteiger partial charge in [-0.1, -0.05) is 38.1 Å². The van der Waals surface area contributed by atoms with Crippen LogP contribution in [-0.2, 0) is 11.2 Å². The van der Waals surface area contributed by atoms with E-state index < -0.39 is 0 Å². The third-order valence-corrected chi connectivity index (χ3v) is 3.44. The predicted molar refractivity (Wildman–Crippen MR) is 79.9 cm³/mol. The topological polar surface area (TPSA) is 55.1 Å². The molecule has 0 aliphatic rings. The zero-order chi connectivity index (χ0) is 14.1. The van der Waals surface area contributed by atoms with Crippen molar-refractivity contribution in [3.63, 3.8) is 0 Å². The fourth-order valence-corrected chi connectivity index (χ4v) is 2.18. The van der Waals surface area contributed by atoms with Gasteiger partial charge in [0, 0.05) is 12.5 Å². The molecule has 1 aromatic rings. The number of nitrogens with one attached hydrogen (secondary N) is 1. The number of hydrogen-bond acceptors (Lipinski definition) is 2. The summed E-state index contributed by atoms with van der Waals surface area (Å²) in [6, 6.07) is 9.23. The van der Waals surface area contributed by atoms with Crippen LogP contribution in [-0.4, -0.2) is 12.5 Å². The molecule has 3 nitrogen and oxygen atoms in total. The van der Waals surface area contributed by atoms with E-state index in [2.05, 4.69) is 43.4 Å². The molecule has 0 bridgehead atoms. The molecule has 0 heterocycles. The van der Waals surface area contributed by atoms with E-state index in [1.54, 1.807) is 0 Å². The van der Waals surface area contributed by atoms with Gasteiger partial charge in [0.1, 0.15) is 0 Å². The number of rotatable bonds is 9.